The first-order valence-corrected chi connectivity index (χ1v) is 6.18. The summed E-state index contributed by atoms with van der Waals surface area (Å²) in [4.78, 5) is 3.30. The Kier molecular flexibility index (Phi) is 2.48. The van der Waals surface area contributed by atoms with Crippen molar-refractivity contribution in [2.24, 2.45) is 5.73 Å². The number of hydrogen-bond acceptors (Lipinski definition) is 3. The third kappa shape index (κ3) is 1.49. The summed E-state index contributed by atoms with van der Waals surface area (Å²) in [6, 6.07) is 3.92. The number of ether oxygens (including phenoxy) is 2. The van der Waals surface area contributed by atoms with Crippen molar-refractivity contribution < 1.29 is 9.47 Å². The average Bonchev–Trinajstić information content (AvgIpc) is 3.10. The molecule has 4 nitrogen and oxygen atoms in total. The van der Waals surface area contributed by atoms with Crippen LogP contribution >= 0.6 is 0 Å². The highest BCUT2D eigenvalue weighted by molar-refractivity contribution is 5.92. The second kappa shape index (κ2) is 3.92. The van der Waals surface area contributed by atoms with Crippen LogP contribution in [0.5, 0.6) is 11.5 Å². The van der Waals surface area contributed by atoms with Crippen LogP contribution in [0.25, 0.3) is 10.9 Å². The number of rotatable bonds is 4. The van der Waals surface area contributed by atoms with Crippen molar-refractivity contribution in [1.29, 1.82) is 0 Å². The molecule has 1 aliphatic rings. The van der Waals surface area contributed by atoms with Crippen LogP contribution in [0.1, 0.15) is 18.4 Å². The first-order chi connectivity index (χ1) is 8.74. The fraction of sp³-hybridized carbons (Fsp3) is 0.429. The highest BCUT2D eigenvalue weighted by Crippen LogP contribution is 2.51. The van der Waals surface area contributed by atoms with E-state index < -0.39 is 0 Å². The molecule has 1 aliphatic carbocycles. The van der Waals surface area contributed by atoms with Crippen LogP contribution in [0.3, 0.4) is 0 Å². The number of fused-ring (bicyclic) bond motifs is 1. The highest BCUT2D eigenvalue weighted by atomic mass is 16.5. The van der Waals surface area contributed by atoms with Gasteiger partial charge in [-0.1, -0.05) is 0 Å². The lowest BCUT2D eigenvalue weighted by Gasteiger charge is -2.13. The number of nitrogens with one attached hydrogen (secondary N) is 1. The SMILES string of the molecule is COc1cc(OC)c2c(C3(CN)CC3)c[nH]c2c1. The van der Waals surface area contributed by atoms with Crippen molar-refractivity contribution in [1.82, 2.24) is 4.98 Å². The van der Waals surface area contributed by atoms with Crippen molar-refractivity contribution in [3.63, 3.8) is 0 Å². The summed E-state index contributed by atoms with van der Waals surface area (Å²) in [7, 11) is 3.35. The second-order valence-electron chi connectivity index (χ2n) is 4.94. The number of H-pyrrole nitrogens is 1. The third-order valence-electron chi connectivity index (χ3n) is 3.99. The van der Waals surface area contributed by atoms with Gasteiger partial charge in [0.15, 0.2) is 0 Å². The lowest BCUT2D eigenvalue weighted by Crippen LogP contribution is -2.19. The van der Waals surface area contributed by atoms with Crippen LogP contribution in [0.15, 0.2) is 18.3 Å². The first-order valence-electron chi connectivity index (χ1n) is 6.18. The van der Waals surface area contributed by atoms with Crippen LogP contribution in [0.2, 0.25) is 0 Å². The lowest BCUT2D eigenvalue weighted by atomic mass is 9.95. The molecule has 2 aromatic rings. The van der Waals surface area contributed by atoms with Gasteiger partial charge in [-0.2, -0.15) is 0 Å². The van der Waals surface area contributed by atoms with Crippen molar-refractivity contribution in [3.8, 4) is 11.5 Å². The van der Waals surface area contributed by atoms with Gasteiger partial charge in [0.25, 0.3) is 0 Å². The fourth-order valence-corrected chi connectivity index (χ4v) is 2.64. The van der Waals surface area contributed by atoms with Crippen LogP contribution < -0.4 is 15.2 Å². The maximum atomic E-state index is 5.92. The van der Waals surface area contributed by atoms with Crippen molar-refractivity contribution in [2.45, 2.75) is 18.3 Å². The third-order valence-corrected chi connectivity index (χ3v) is 3.99. The van der Waals surface area contributed by atoms with Crippen molar-refractivity contribution in [3.05, 3.63) is 23.9 Å². The molecule has 0 spiro atoms. The summed E-state index contributed by atoms with van der Waals surface area (Å²) < 4.78 is 10.8. The summed E-state index contributed by atoms with van der Waals surface area (Å²) >= 11 is 0. The van der Waals surface area contributed by atoms with Gasteiger partial charge in [0, 0.05) is 35.7 Å². The van der Waals surface area contributed by atoms with E-state index in [0.717, 1.165) is 35.2 Å². The zero-order valence-corrected chi connectivity index (χ0v) is 10.7. The molecule has 1 heterocycles. The quantitative estimate of drug-likeness (QED) is 0.869. The molecule has 0 saturated heterocycles. The Morgan fingerprint density at radius 3 is 2.61 bits per heavy atom. The molecule has 18 heavy (non-hydrogen) atoms. The van der Waals surface area contributed by atoms with Gasteiger partial charge in [0.1, 0.15) is 11.5 Å². The fourth-order valence-electron chi connectivity index (χ4n) is 2.64. The summed E-state index contributed by atoms with van der Waals surface area (Å²) in [5.74, 6) is 1.64. The molecule has 3 N–H and O–H groups in total. The summed E-state index contributed by atoms with van der Waals surface area (Å²) in [6.07, 6.45) is 4.38. The molecular formula is C14H18N2O2. The van der Waals surface area contributed by atoms with Gasteiger partial charge in [-0.25, -0.2) is 0 Å². The number of nitrogens with two attached hydrogens (primary N) is 1. The molecule has 96 valence electrons. The second-order valence-corrected chi connectivity index (χ2v) is 4.94. The van der Waals surface area contributed by atoms with Gasteiger partial charge in [-0.15, -0.1) is 0 Å². The molecule has 1 fully saturated rings. The maximum absolute atomic E-state index is 5.92. The molecular weight excluding hydrogens is 228 g/mol. The number of aromatic nitrogens is 1. The Bertz CT molecular complexity index is 585. The van der Waals surface area contributed by atoms with Crippen molar-refractivity contribution >= 4 is 10.9 Å². The van der Waals surface area contributed by atoms with Crippen LogP contribution in [-0.2, 0) is 5.41 Å². The minimum Gasteiger partial charge on any atom is -0.497 e. The topological polar surface area (TPSA) is 60.3 Å². The Morgan fingerprint density at radius 1 is 1.28 bits per heavy atom. The highest BCUT2D eigenvalue weighted by Gasteiger charge is 2.45. The van der Waals surface area contributed by atoms with E-state index in [0.29, 0.717) is 6.54 Å². The molecule has 0 radical (unpaired) electrons. The Labute approximate surface area is 106 Å². The van der Waals surface area contributed by atoms with E-state index in [4.69, 9.17) is 15.2 Å². The Balaban J connectivity index is 2.23. The molecule has 1 aromatic carbocycles. The predicted molar refractivity (Wildman–Crippen MR) is 71.4 cm³/mol. The smallest absolute Gasteiger partial charge is 0.132 e. The van der Waals surface area contributed by atoms with Gasteiger partial charge < -0.3 is 20.2 Å². The van der Waals surface area contributed by atoms with E-state index in [-0.39, 0.29) is 5.41 Å². The number of methoxy groups -OCH3 is 2. The first kappa shape index (κ1) is 11.4. The molecule has 3 rings (SSSR count). The number of hydrogen-bond donors (Lipinski definition) is 2. The minimum absolute atomic E-state index is 0.153. The Hall–Kier alpha value is -1.68. The average molecular weight is 246 g/mol. The molecule has 0 unspecified atom stereocenters. The largest absolute Gasteiger partial charge is 0.497 e. The number of aromatic amines is 1. The van der Waals surface area contributed by atoms with Gasteiger partial charge >= 0.3 is 0 Å². The molecule has 0 atom stereocenters. The maximum Gasteiger partial charge on any atom is 0.132 e. The minimum atomic E-state index is 0.153. The lowest BCUT2D eigenvalue weighted by molar-refractivity contribution is 0.397. The van der Waals surface area contributed by atoms with Crippen LogP contribution in [0, 0.1) is 0 Å². The van der Waals surface area contributed by atoms with E-state index >= 15 is 0 Å². The molecule has 0 aliphatic heterocycles. The normalized spacial score (nSPS) is 16.8. The zero-order valence-electron chi connectivity index (χ0n) is 10.7. The van der Waals surface area contributed by atoms with Crippen molar-refractivity contribution in [2.75, 3.05) is 20.8 Å². The molecule has 0 amide bonds. The Morgan fingerprint density at radius 2 is 2.06 bits per heavy atom. The molecule has 4 heteroatoms. The standard InChI is InChI=1S/C14H18N2O2/c1-17-9-5-11-13(12(6-9)18-2)10(7-16-11)14(8-15)3-4-14/h5-7,16H,3-4,8,15H2,1-2H3. The zero-order chi connectivity index (χ0) is 12.8. The molecule has 1 aromatic heterocycles. The van der Waals surface area contributed by atoms with Crippen LogP contribution in [-0.4, -0.2) is 25.7 Å². The van der Waals surface area contributed by atoms with E-state index in [1.165, 1.54) is 5.56 Å². The van der Waals surface area contributed by atoms with E-state index in [9.17, 15) is 0 Å². The summed E-state index contributed by atoms with van der Waals surface area (Å²) in [6.45, 7) is 0.690. The summed E-state index contributed by atoms with van der Waals surface area (Å²) in [5.41, 5.74) is 8.39. The predicted octanol–water partition coefficient (Wildman–Crippen LogP) is 2.18. The number of benzene rings is 1. The van der Waals surface area contributed by atoms with E-state index in [1.54, 1.807) is 14.2 Å². The van der Waals surface area contributed by atoms with Gasteiger partial charge in [-0.3, -0.25) is 0 Å². The van der Waals surface area contributed by atoms with Gasteiger partial charge in [0.05, 0.1) is 19.7 Å². The van der Waals surface area contributed by atoms with E-state index in [2.05, 4.69) is 11.2 Å². The molecule has 1 saturated carbocycles. The van der Waals surface area contributed by atoms with E-state index in [1.807, 2.05) is 12.1 Å². The summed E-state index contributed by atoms with van der Waals surface area (Å²) in [5, 5.41) is 1.14. The van der Waals surface area contributed by atoms with Gasteiger partial charge in [0.2, 0.25) is 0 Å². The van der Waals surface area contributed by atoms with Crippen LogP contribution in [0.4, 0.5) is 0 Å². The molecule has 0 bridgehead atoms. The van der Waals surface area contributed by atoms with Gasteiger partial charge in [-0.05, 0) is 18.4 Å². The monoisotopic (exact) mass is 246 g/mol.